The minimum absolute atomic E-state index is 0.0359. The maximum absolute atomic E-state index is 11.8. The fourth-order valence-corrected chi connectivity index (χ4v) is 2.07. The summed E-state index contributed by atoms with van der Waals surface area (Å²) in [5, 5.41) is 0. The van der Waals surface area contributed by atoms with Crippen molar-refractivity contribution in [3.8, 4) is 0 Å². The number of aryl methyl sites for hydroxylation is 2. The second-order valence-corrected chi connectivity index (χ2v) is 4.93. The highest BCUT2D eigenvalue weighted by molar-refractivity contribution is 5.69. The molecule has 0 atom stereocenters. The largest absolute Gasteiger partial charge is 0.464 e. The molecule has 0 saturated heterocycles. The van der Waals surface area contributed by atoms with E-state index in [2.05, 4.69) is 0 Å². The lowest BCUT2D eigenvalue weighted by atomic mass is 10.1. The van der Waals surface area contributed by atoms with E-state index in [4.69, 9.17) is 4.74 Å². The molecule has 0 aliphatic rings. The van der Waals surface area contributed by atoms with Crippen molar-refractivity contribution >= 4 is 5.97 Å². The van der Waals surface area contributed by atoms with Crippen LogP contribution in [0.4, 0.5) is 0 Å². The number of hydrogen-bond donors (Lipinski definition) is 0. The third kappa shape index (κ3) is 4.60. The van der Waals surface area contributed by atoms with Crippen molar-refractivity contribution in [2.75, 3.05) is 6.61 Å². The highest BCUT2D eigenvalue weighted by Gasteiger charge is 2.06. The highest BCUT2D eigenvalue weighted by Crippen LogP contribution is 2.02. The number of aromatic nitrogens is 1. The Morgan fingerprint density at radius 2 is 1.90 bits per heavy atom. The lowest BCUT2D eigenvalue weighted by molar-refractivity contribution is -0.144. The molecule has 0 aliphatic carbocycles. The smallest absolute Gasteiger partial charge is 0.326 e. The first-order chi connectivity index (χ1) is 10.2. The first-order valence-corrected chi connectivity index (χ1v) is 7.02. The second kappa shape index (κ2) is 7.43. The van der Waals surface area contributed by atoms with Gasteiger partial charge in [-0.3, -0.25) is 9.59 Å². The zero-order valence-corrected chi connectivity index (χ0v) is 12.1. The SMILES string of the molecule is Cc1cccn(CC(=O)OCCCc2ccccc2)c1=O. The Bertz CT molecular complexity index is 647. The van der Waals surface area contributed by atoms with Crippen LogP contribution >= 0.6 is 0 Å². The molecule has 2 rings (SSSR count). The number of carbonyl (C=O) groups excluding carboxylic acids is 1. The van der Waals surface area contributed by atoms with Crippen LogP contribution < -0.4 is 5.56 Å². The van der Waals surface area contributed by atoms with E-state index in [1.165, 1.54) is 10.1 Å². The summed E-state index contributed by atoms with van der Waals surface area (Å²) in [6, 6.07) is 13.5. The number of rotatable bonds is 6. The molecule has 4 heteroatoms. The van der Waals surface area contributed by atoms with Crippen LogP contribution in [-0.4, -0.2) is 17.1 Å². The second-order valence-electron chi connectivity index (χ2n) is 4.93. The van der Waals surface area contributed by atoms with Crippen molar-refractivity contribution in [2.24, 2.45) is 0 Å². The summed E-state index contributed by atoms with van der Waals surface area (Å²) in [6.07, 6.45) is 3.25. The zero-order valence-electron chi connectivity index (χ0n) is 12.1. The fourth-order valence-electron chi connectivity index (χ4n) is 2.07. The van der Waals surface area contributed by atoms with Crippen LogP contribution in [0.2, 0.25) is 0 Å². The zero-order chi connectivity index (χ0) is 15.1. The van der Waals surface area contributed by atoms with E-state index >= 15 is 0 Å². The standard InChI is InChI=1S/C17H19NO3/c1-14-7-5-11-18(17(14)20)13-16(19)21-12-6-10-15-8-3-2-4-9-15/h2-5,7-9,11H,6,10,12-13H2,1H3. The summed E-state index contributed by atoms with van der Waals surface area (Å²) in [5.41, 5.74) is 1.69. The molecule has 1 heterocycles. The van der Waals surface area contributed by atoms with Crippen molar-refractivity contribution in [1.82, 2.24) is 4.57 Å². The van der Waals surface area contributed by atoms with Crippen molar-refractivity contribution in [3.05, 3.63) is 70.1 Å². The Hall–Kier alpha value is -2.36. The summed E-state index contributed by atoms with van der Waals surface area (Å²) in [4.78, 5) is 23.5. The Balaban J connectivity index is 1.75. The van der Waals surface area contributed by atoms with Crippen LogP contribution in [0.15, 0.2) is 53.5 Å². The highest BCUT2D eigenvalue weighted by atomic mass is 16.5. The topological polar surface area (TPSA) is 48.3 Å². The lowest BCUT2D eigenvalue weighted by Crippen LogP contribution is -2.26. The van der Waals surface area contributed by atoms with Crippen LogP contribution in [0.25, 0.3) is 0 Å². The molecule has 0 amide bonds. The van der Waals surface area contributed by atoms with Gasteiger partial charge in [-0.2, -0.15) is 0 Å². The number of nitrogens with zero attached hydrogens (tertiary/aromatic N) is 1. The molecule has 0 radical (unpaired) electrons. The van der Waals surface area contributed by atoms with E-state index < -0.39 is 0 Å². The molecule has 0 unspecified atom stereocenters. The average Bonchev–Trinajstić information content (AvgIpc) is 2.49. The minimum atomic E-state index is -0.379. The number of pyridine rings is 1. The Morgan fingerprint density at radius 3 is 2.67 bits per heavy atom. The molecule has 1 aromatic carbocycles. The van der Waals surface area contributed by atoms with Gasteiger partial charge >= 0.3 is 5.97 Å². The summed E-state index contributed by atoms with van der Waals surface area (Å²) >= 11 is 0. The van der Waals surface area contributed by atoms with Gasteiger partial charge in [0.25, 0.3) is 5.56 Å². The first-order valence-electron chi connectivity index (χ1n) is 7.02. The molecule has 110 valence electrons. The molecule has 21 heavy (non-hydrogen) atoms. The number of ether oxygens (including phenoxy) is 1. The maximum Gasteiger partial charge on any atom is 0.326 e. The van der Waals surface area contributed by atoms with Crippen LogP contribution in [-0.2, 0) is 22.5 Å². The minimum Gasteiger partial charge on any atom is -0.464 e. The Labute approximate surface area is 124 Å². The number of benzene rings is 1. The summed E-state index contributed by atoms with van der Waals surface area (Å²) in [7, 11) is 0. The predicted octanol–water partition coefficient (Wildman–Crippen LogP) is 2.33. The molecular weight excluding hydrogens is 266 g/mol. The Morgan fingerprint density at radius 1 is 1.14 bits per heavy atom. The summed E-state index contributed by atoms with van der Waals surface area (Å²) in [5.74, 6) is -0.379. The quantitative estimate of drug-likeness (QED) is 0.604. The molecule has 0 fully saturated rings. The van der Waals surface area contributed by atoms with Gasteiger partial charge in [-0.15, -0.1) is 0 Å². The van der Waals surface area contributed by atoms with Gasteiger partial charge in [0.2, 0.25) is 0 Å². The summed E-state index contributed by atoms with van der Waals surface area (Å²) < 4.78 is 6.53. The van der Waals surface area contributed by atoms with E-state index in [-0.39, 0.29) is 18.1 Å². The monoisotopic (exact) mass is 285 g/mol. The van der Waals surface area contributed by atoms with Gasteiger partial charge in [0.05, 0.1) is 6.61 Å². The van der Waals surface area contributed by atoms with Gasteiger partial charge in [0.1, 0.15) is 6.54 Å². The number of esters is 1. The maximum atomic E-state index is 11.8. The molecule has 2 aromatic rings. The molecule has 0 saturated carbocycles. The van der Waals surface area contributed by atoms with Crippen molar-refractivity contribution in [3.63, 3.8) is 0 Å². The molecule has 0 bridgehead atoms. The molecule has 4 nitrogen and oxygen atoms in total. The van der Waals surface area contributed by atoms with E-state index in [1.807, 2.05) is 30.3 Å². The number of carbonyl (C=O) groups is 1. The van der Waals surface area contributed by atoms with E-state index in [9.17, 15) is 9.59 Å². The van der Waals surface area contributed by atoms with E-state index in [0.29, 0.717) is 12.2 Å². The Kier molecular flexibility index (Phi) is 5.32. The van der Waals surface area contributed by atoms with E-state index in [1.54, 1.807) is 25.3 Å². The van der Waals surface area contributed by atoms with Crippen molar-refractivity contribution in [2.45, 2.75) is 26.3 Å². The molecular formula is C17H19NO3. The van der Waals surface area contributed by atoms with E-state index in [0.717, 1.165) is 12.8 Å². The first kappa shape index (κ1) is 15.0. The van der Waals surface area contributed by atoms with Crippen molar-refractivity contribution in [1.29, 1.82) is 0 Å². The van der Waals surface area contributed by atoms with Gasteiger partial charge in [-0.1, -0.05) is 36.4 Å². The normalized spacial score (nSPS) is 10.3. The molecule has 0 N–H and O–H groups in total. The molecule has 1 aromatic heterocycles. The molecule has 0 spiro atoms. The lowest BCUT2D eigenvalue weighted by Gasteiger charge is -2.07. The van der Waals surface area contributed by atoms with Crippen LogP contribution in [0.5, 0.6) is 0 Å². The molecule has 0 aliphatic heterocycles. The fraction of sp³-hybridized carbons (Fsp3) is 0.294. The van der Waals surface area contributed by atoms with Crippen LogP contribution in [0, 0.1) is 6.92 Å². The third-order valence-corrected chi connectivity index (χ3v) is 3.23. The van der Waals surface area contributed by atoms with Gasteiger partial charge in [0, 0.05) is 11.8 Å². The van der Waals surface area contributed by atoms with Crippen LogP contribution in [0.1, 0.15) is 17.5 Å². The third-order valence-electron chi connectivity index (χ3n) is 3.23. The van der Waals surface area contributed by atoms with Crippen LogP contribution in [0.3, 0.4) is 0 Å². The number of hydrogen-bond acceptors (Lipinski definition) is 3. The van der Waals surface area contributed by atoms with Crippen molar-refractivity contribution < 1.29 is 9.53 Å². The average molecular weight is 285 g/mol. The van der Waals surface area contributed by atoms with Gasteiger partial charge in [-0.05, 0) is 31.4 Å². The van der Waals surface area contributed by atoms with Gasteiger partial charge in [0.15, 0.2) is 0 Å². The van der Waals surface area contributed by atoms with Gasteiger partial charge in [-0.25, -0.2) is 0 Å². The summed E-state index contributed by atoms with van der Waals surface area (Å²) in [6.45, 7) is 2.06. The van der Waals surface area contributed by atoms with Gasteiger partial charge < -0.3 is 9.30 Å². The predicted molar refractivity (Wildman–Crippen MR) is 81.2 cm³/mol.